The molecular formula is C7H11Cl2N3O2. The number of nitrogens with two attached hydrogens (primary N) is 2. The summed E-state index contributed by atoms with van der Waals surface area (Å²) in [6, 6.07) is 0. The number of carbonyl (C=O) groups is 2. The van der Waals surface area contributed by atoms with Crippen LogP contribution in [0.15, 0.2) is 16.8 Å². The van der Waals surface area contributed by atoms with Crippen molar-refractivity contribution in [3.8, 4) is 0 Å². The van der Waals surface area contributed by atoms with E-state index in [1.54, 1.807) is 0 Å². The van der Waals surface area contributed by atoms with Crippen molar-refractivity contribution in [1.29, 1.82) is 0 Å². The zero-order chi connectivity index (χ0) is 9.14. The lowest BCUT2D eigenvalue weighted by Gasteiger charge is -2.07. The van der Waals surface area contributed by atoms with Crippen LogP contribution in [0.5, 0.6) is 0 Å². The van der Waals surface area contributed by atoms with Crippen LogP contribution < -0.4 is 11.5 Å². The normalized spacial score (nSPS) is 14.0. The van der Waals surface area contributed by atoms with Crippen molar-refractivity contribution in [3.05, 3.63) is 11.8 Å². The van der Waals surface area contributed by atoms with Crippen LogP contribution in [-0.4, -0.2) is 17.5 Å². The molecule has 14 heavy (non-hydrogen) atoms. The number of aliphatic imine (C=N–C) groups is 1. The van der Waals surface area contributed by atoms with Gasteiger partial charge in [0.2, 0.25) is 5.91 Å². The quantitative estimate of drug-likeness (QED) is 0.705. The predicted molar refractivity (Wildman–Crippen MR) is 57.6 cm³/mol. The molecule has 0 unspecified atom stereocenters. The van der Waals surface area contributed by atoms with Crippen molar-refractivity contribution in [2.75, 3.05) is 0 Å². The van der Waals surface area contributed by atoms with Gasteiger partial charge in [0.15, 0.2) is 0 Å². The molecule has 7 heteroatoms. The van der Waals surface area contributed by atoms with Gasteiger partial charge in [0, 0.05) is 11.8 Å². The number of carbonyl (C=O) groups excluding carboxylic acids is 2. The largest absolute Gasteiger partial charge is 0.366 e. The van der Waals surface area contributed by atoms with Crippen molar-refractivity contribution in [1.82, 2.24) is 0 Å². The molecule has 0 saturated carbocycles. The molecule has 1 heterocycles. The van der Waals surface area contributed by atoms with Crippen LogP contribution in [0.25, 0.3) is 0 Å². The Morgan fingerprint density at radius 3 is 2.00 bits per heavy atom. The smallest absolute Gasteiger partial charge is 0.263 e. The summed E-state index contributed by atoms with van der Waals surface area (Å²) in [5, 5.41) is 0. The highest BCUT2D eigenvalue weighted by atomic mass is 35.5. The topological polar surface area (TPSA) is 98.5 Å². The van der Waals surface area contributed by atoms with E-state index in [9.17, 15) is 9.59 Å². The molecule has 0 atom stereocenters. The lowest BCUT2D eigenvalue weighted by atomic mass is 10.1. The molecule has 0 bridgehead atoms. The van der Waals surface area contributed by atoms with Crippen LogP contribution in [0.2, 0.25) is 0 Å². The highest BCUT2D eigenvalue weighted by molar-refractivity contribution is 6.38. The lowest BCUT2D eigenvalue weighted by Crippen LogP contribution is -2.26. The fraction of sp³-hybridized carbons (Fsp3) is 0.286. The van der Waals surface area contributed by atoms with E-state index in [4.69, 9.17) is 11.5 Å². The summed E-state index contributed by atoms with van der Waals surface area (Å²) < 4.78 is 0. The fourth-order valence-corrected chi connectivity index (χ4v) is 0.912. The summed E-state index contributed by atoms with van der Waals surface area (Å²) in [5.74, 6) is -1.04. The van der Waals surface area contributed by atoms with Gasteiger partial charge in [-0.25, -0.2) is 0 Å². The minimum Gasteiger partial charge on any atom is -0.366 e. The van der Waals surface area contributed by atoms with E-state index in [1.165, 1.54) is 6.20 Å². The van der Waals surface area contributed by atoms with Gasteiger partial charge in [0.1, 0.15) is 5.71 Å². The van der Waals surface area contributed by atoms with Crippen LogP contribution in [0, 0.1) is 0 Å². The number of rotatable bonds is 2. The maximum atomic E-state index is 10.6. The molecule has 0 saturated heterocycles. The van der Waals surface area contributed by atoms with Gasteiger partial charge in [-0.15, -0.1) is 24.8 Å². The molecule has 0 aromatic rings. The summed E-state index contributed by atoms with van der Waals surface area (Å²) >= 11 is 0. The second-order valence-corrected chi connectivity index (χ2v) is 2.46. The average Bonchev–Trinajstić information content (AvgIpc) is 2.04. The van der Waals surface area contributed by atoms with Crippen LogP contribution >= 0.6 is 24.8 Å². The molecule has 2 amide bonds. The second kappa shape index (κ2) is 6.39. The van der Waals surface area contributed by atoms with Crippen LogP contribution in [0.3, 0.4) is 0 Å². The van der Waals surface area contributed by atoms with E-state index in [0.717, 1.165) is 0 Å². The third-order valence-corrected chi connectivity index (χ3v) is 1.61. The Hall–Kier alpha value is -1.07. The maximum absolute atomic E-state index is 10.6. The third-order valence-electron chi connectivity index (χ3n) is 1.61. The first-order valence-corrected chi connectivity index (χ1v) is 3.46. The monoisotopic (exact) mass is 239 g/mol. The first-order valence-electron chi connectivity index (χ1n) is 3.46. The van der Waals surface area contributed by atoms with Gasteiger partial charge < -0.3 is 11.5 Å². The van der Waals surface area contributed by atoms with Crippen LogP contribution in [0.1, 0.15) is 12.8 Å². The molecule has 1 aliphatic heterocycles. The molecule has 1 rings (SSSR count). The van der Waals surface area contributed by atoms with Gasteiger partial charge in [-0.3, -0.25) is 14.6 Å². The summed E-state index contributed by atoms with van der Waals surface area (Å²) in [5.41, 5.74) is 10.7. The van der Waals surface area contributed by atoms with Crippen molar-refractivity contribution >= 4 is 42.3 Å². The Bertz CT molecular complexity index is 269. The van der Waals surface area contributed by atoms with Crippen molar-refractivity contribution < 1.29 is 9.59 Å². The van der Waals surface area contributed by atoms with Crippen LogP contribution in [-0.2, 0) is 9.59 Å². The molecule has 4 N–H and O–H groups in total. The maximum Gasteiger partial charge on any atom is 0.263 e. The Kier molecular flexibility index (Phi) is 7.04. The van der Waals surface area contributed by atoms with Crippen molar-refractivity contribution in [2.45, 2.75) is 12.8 Å². The van der Waals surface area contributed by atoms with E-state index in [2.05, 4.69) is 4.99 Å². The Morgan fingerprint density at radius 1 is 1.14 bits per heavy atom. The first-order chi connectivity index (χ1) is 5.61. The highest BCUT2D eigenvalue weighted by Gasteiger charge is 2.14. The Labute approximate surface area is 93.4 Å². The van der Waals surface area contributed by atoms with E-state index in [1.807, 2.05) is 0 Å². The molecule has 5 nitrogen and oxygen atoms in total. The van der Waals surface area contributed by atoms with Gasteiger partial charge in [0.25, 0.3) is 5.91 Å². The Morgan fingerprint density at radius 2 is 1.71 bits per heavy atom. The minimum atomic E-state index is -0.547. The lowest BCUT2D eigenvalue weighted by molar-refractivity contribution is -0.115. The second-order valence-electron chi connectivity index (χ2n) is 2.46. The van der Waals surface area contributed by atoms with Gasteiger partial charge in [-0.05, 0) is 12.8 Å². The number of nitrogens with zero attached hydrogens (tertiary/aromatic N) is 1. The summed E-state index contributed by atoms with van der Waals surface area (Å²) in [7, 11) is 0. The number of primary amides is 2. The molecule has 0 spiro atoms. The third kappa shape index (κ3) is 3.76. The highest BCUT2D eigenvalue weighted by Crippen LogP contribution is 2.11. The molecule has 1 aliphatic rings. The zero-order valence-corrected chi connectivity index (χ0v) is 8.86. The van der Waals surface area contributed by atoms with Gasteiger partial charge in [0.05, 0.1) is 0 Å². The molecule has 0 aromatic heterocycles. The van der Waals surface area contributed by atoms with Crippen molar-refractivity contribution in [2.24, 2.45) is 16.5 Å². The first kappa shape index (κ1) is 15.4. The molecule has 0 fully saturated rings. The summed E-state index contributed by atoms with van der Waals surface area (Å²) in [4.78, 5) is 24.9. The molecule has 80 valence electrons. The number of hydrogen-bond donors (Lipinski definition) is 2. The molecule has 0 aliphatic carbocycles. The van der Waals surface area contributed by atoms with Crippen molar-refractivity contribution in [3.63, 3.8) is 0 Å². The van der Waals surface area contributed by atoms with E-state index in [0.29, 0.717) is 24.1 Å². The SMILES string of the molecule is Cl.Cl.NC(=O)C1=CN=C(C(N)=O)CC1. The molecule has 0 aromatic carbocycles. The number of amides is 2. The Balaban J connectivity index is 0. The summed E-state index contributed by atoms with van der Waals surface area (Å²) in [6.45, 7) is 0. The van der Waals surface area contributed by atoms with E-state index < -0.39 is 11.8 Å². The standard InChI is InChI=1S/C7H9N3O2.2ClH/c8-6(11)4-1-2-5(7(9)12)10-3-4;;/h3H,1-2H2,(H2,8,11)(H2,9,12);2*1H. The average molecular weight is 240 g/mol. The minimum absolute atomic E-state index is 0. The predicted octanol–water partition coefficient (Wildman–Crippen LogP) is -0.0807. The number of hydrogen-bond acceptors (Lipinski definition) is 3. The van der Waals surface area contributed by atoms with E-state index >= 15 is 0 Å². The van der Waals surface area contributed by atoms with Gasteiger partial charge in [-0.2, -0.15) is 0 Å². The van der Waals surface area contributed by atoms with E-state index in [-0.39, 0.29) is 24.8 Å². The fourth-order valence-electron chi connectivity index (χ4n) is 0.912. The molecular weight excluding hydrogens is 229 g/mol. The van der Waals surface area contributed by atoms with Crippen LogP contribution in [0.4, 0.5) is 0 Å². The molecule has 0 radical (unpaired) electrons. The van der Waals surface area contributed by atoms with Gasteiger partial charge in [-0.1, -0.05) is 0 Å². The summed E-state index contributed by atoms with van der Waals surface area (Å²) in [6.07, 6.45) is 2.13. The zero-order valence-electron chi connectivity index (χ0n) is 7.23. The number of halogens is 2. The van der Waals surface area contributed by atoms with Gasteiger partial charge >= 0.3 is 0 Å².